The average molecular weight is 213 g/mol. The quantitative estimate of drug-likeness (QED) is 0.760. The molecule has 2 unspecified atom stereocenters. The maximum absolute atomic E-state index is 11.4. The molecule has 0 radical (unpaired) electrons. The third-order valence-electron chi connectivity index (χ3n) is 2.70. The first-order valence-corrected chi connectivity index (χ1v) is 5.05. The molecule has 1 aliphatic heterocycles. The number of pyridine rings is 1. The normalized spacial score (nSPS) is 24.2. The molecule has 1 aromatic rings. The number of nitrogens with zero attached hydrogens (tertiary/aromatic N) is 2. The second-order valence-electron chi connectivity index (χ2n) is 3.76. The van der Waals surface area contributed by atoms with Crippen LogP contribution >= 0.6 is 0 Å². The second kappa shape index (κ2) is 4.15. The minimum Gasteiger partial charge on any atom is -0.348 e. The van der Waals surface area contributed by atoms with Gasteiger partial charge in [0.2, 0.25) is 0 Å². The maximum atomic E-state index is 11.4. The van der Waals surface area contributed by atoms with Gasteiger partial charge in [-0.1, -0.05) is 6.08 Å². The van der Waals surface area contributed by atoms with Crippen LogP contribution in [-0.4, -0.2) is 16.9 Å². The summed E-state index contributed by atoms with van der Waals surface area (Å²) in [6, 6.07) is 5.69. The Morgan fingerprint density at radius 2 is 2.12 bits per heavy atom. The van der Waals surface area contributed by atoms with Crippen LogP contribution in [0.2, 0.25) is 0 Å². The van der Waals surface area contributed by atoms with Gasteiger partial charge in [0.1, 0.15) is 11.6 Å². The zero-order valence-corrected chi connectivity index (χ0v) is 8.84. The summed E-state index contributed by atoms with van der Waals surface area (Å²) in [4.78, 5) is 15.3. The lowest BCUT2D eigenvalue weighted by Crippen LogP contribution is -2.41. The SMILES string of the molecule is CC1NC(=O)C(C#N)=CC1c1ccncc1. The van der Waals surface area contributed by atoms with E-state index in [0.29, 0.717) is 0 Å². The van der Waals surface area contributed by atoms with Crippen molar-refractivity contribution in [2.24, 2.45) is 0 Å². The highest BCUT2D eigenvalue weighted by Gasteiger charge is 2.26. The van der Waals surface area contributed by atoms with Crippen molar-refractivity contribution in [1.82, 2.24) is 10.3 Å². The smallest absolute Gasteiger partial charge is 0.261 e. The summed E-state index contributed by atoms with van der Waals surface area (Å²) in [5.74, 6) is -0.254. The summed E-state index contributed by atoms with van der Waals surface area (Å²) in [6.07, 6.45) is 5.13. The Morgan fingerprint density at radius 1 is 1.44 bits per heavy atom. The number of nitriles is 1. The highest BCUT2D eigenvalue weighted by molar-refractivity contribution is 5.98. The molecular formula is C12H11N3O. The number of amides is 1. The lowest BCUT2D eigenvalue weighted by atomic mass is 9.88. The van der Waals surface area contributed by atoms with E-state index in [1.165, 1.54) is 0 Å². The van der Waals surface area contributed by atoms with Gasteiger partial charge in [0.25, 0.3) is 5.91 Å². The van der Waals surface area contributed by atoms with Crippen LogP contribution in [-0.2, 0) is 4.79 Å². The molecule has 0 aliphatic carbocycles. The first kappa shape index (κ1) is 10.4. The molecule has 0 bridgehead atoms. The van der Waals surface area contributed by atoms with Gasteiger partial charge in [0.05, 0.1) is 0 Å². The second-order valence-corrected chi connectivity index (χ2v) is 3.76. The lowest BCUT2D eigenvalue weighted by molar-refractivity contribution is -0.118. The molecular weight excluding hydrogens is 202 g/mol. The first-order valence-electron chi connectivity index (χ1n) is 5.05. The Balaban J connectivity index is 2.39. The third-order valence-corrected chi connectivity index (χ3v) is 2.70. The van der Waals surface area contributed by atoms with Gasteiger partial charge >= 0.3 is 0 Å². The molecule has 0 aromatic carbocycles. The molecule has 2 heterocycles. The Hall–Kier alpha value is -2.15. The van der Waals surface area contributed by atoms with Crippen LogP contribution in [0.5, 0.6) is 0 Å². The van der Waals surface area contributed by atoms with E-state index < -0.39 is 0 Å². The molecule has 4 nitrogen and oxygen atoms in total. The third kappa shape index (κ3) is 1.80. The number of aromatic nitrogens is 1. The van der Waals surface area contributed by atoms with Crippen LogP contribution in [0.4, 0.5) is 0 Å². The standard InChI is InChI=1S/C12H11N3O/c1-8-11(9-2-4-14-5-3-9)6-10(7-13)12(16)15-8/h2-6,8,11H,1H3,(H,15,16). The fraction of sp³-hybridized carbons (Fsp3) is 0.250. The molecule has 1 amide bonds. The van der Waals surface area contributed by atoms with Crippen molar-refractivity contribution in [2.75, 3.05) is 0 Å². The van der Waals surface area contributed by atoms with Gasteiger partial charge < -0.3 is 5.32 Å². The number of rotatable bonds is 1. The van der Waals surface area contributed by atoms with Crippen LogP contribution in [0.15, 0.2) is 36.2 Å². The summed E-state index contributed by atoms with van der Waals surface area (Å²) in [7, 11) is 0. The fourth-order valence-electron chi connectivity index (χ4n) is 1.83. The monoisotopic (exact) mass is 213 g/mol. The van der Waals surface area contributed by atoms with E-state index in [9.17, 15) is 4.79 Å². The van der Waals surface area contributed by atoms with Crippen molar-refractivity contribution in [3.05, 3.63) is 41.7 Å². The van der Waals surface area contributed by atoms with Gasteiger partial charge in [0.15, 0.2) is 0 Å². The topological polar surface area (TPSA) is 65.8 Å². The van der Waals surface area contributed by atoms with Gasteiger partial charge in [-0.25, -0.2) is 0 Å². The van der Waals surface area contributed by atoms with E-state index in [-0.39, 0.29) is 23.4 Å². The number of carbonyl (C=O) groups is 1. The molecule has 1 N–H and O–H groups in total. The fourth-order valence-corrected chi connectivity index (χ4v) is 1.83. The average Bonchev–Trinajstić information content (AvgIpc) is 2.30. The minimum atomic E-state index is -0.291. The van der Waals surface area contributed by atoms with E-state index in [1.54, 1.807) is 18.5 Å². The van der Waals surface area contributed by atoms with Crippen LogP contribution in [0.1, 0.15) is 18.4 Å². The number of carbonyl (C=O) groups excluding carboxylic acids is 1. The van der Waals surface area contributed by atoms with Crippen LogP contribution in [0, 0.1) is 11.3 Å². The Labute approximate surface area is 93.6 Å². The van der Waals surface area contributed by atoms with Crippen molar-refractivity contribution < 1.29 is 4.79 Å². The summed E-state index contributed by atoms with van der Waals surface area (Å²) in [5, 5.41) is 11.6. The van der Waals surface area contributed by atoms with E-state index in [4.69, 9.17) is 5.26 Å². The minimum absolute atomic E-state index is 0.00741. The van der Waals surface area contributed by atoms with Crippen molar-refractivity contribution in [3.63, 3.8) is 0 Å². The largest absolute Gasteiger partial charge is 0.348 e. The molecule has 80 valence electrons. The Morgan fingerprint density at radius 3 is 2.75 bits per heavy atom. The number of hydrogen-bond donors (Lipinski definition) is 1. The lowest BCUT2D eigenvalue weighted by Gasteiger charge is -2.26. The zero-order valence-electron chi connectivity index (χ0n) is 8.84. The van der Waals surface area contributed by atoms with Crippen LogP contribution < -0.4 is 5.32 Å². The van der Waals surface area contributed by atoms with Crippen molar-refractivity contribution in [2.45, 2.75) is 18.9 Å². The number of nitrogens with one attached hydrogen (secondary N) is 1. The van der Waals surface area contributed by atoms with E-state index >= 15 is 0 Å². The predicted molar refractivity (Wildman–Crippen MR) is 58.3 cm³/mol. The summed E-state index contributed by atoms with van der Waals surface area (Å²) < 4.78 is 0. The maximum Gasteiger partial charge on any atom is 0.261 e. The van der Waals surface area contributed by atoms with Gasteiger partial charge in [-0.2, -0.15) is 5.26 Å². The molecule has 2 atom stereocenters. The predicted octanol–water partition coefficient (Wildman–Crippen LogP) is 1.13. The molecule has 0 spiro atoms. The zero-order chi connectivity index (χ0) is 11.5. The highest BCUT2D eigenvalue weighted by Crippen LogP contribution is 2.25. The molecule has 1 aliphatic rings. The van der Waals surface area contributed by atoms with E-state index in [1.807, 2.05) is 25.1 Å². The number of hydrogen-bond acceptors (Lipinski definition) is 3. The molecule has 0 fully saturated rings. The molecule has 16 heavy (non-hydrogen) atoms. The van der Waals surface area contributed by atoms with Crippen molar-refractivity contribution >= 4 is 5.91 Å². The van der Waals surface area contributed by atoms with Gasteiger partial charge in [0, 0.05) is 24.4 Å². The Kier molecular flexibility index (Phi) is 2.69. The van der Waals surface area contributed by atoms with Gasteiger partial charge in [-0.15, -0.1) is 0 Å². The van der Waals surface area contributed by atoms with Crippen LogP contribution in [0.3, 0.4) is 0 Å². The summed E-state index contributed by atoms with van der Waals surface area (Å²) >= 11 is 0. The molecule has 2 rings (SSSR count). The highest BCUT2D eigenvalue weighted by atomic mass is 16.1. The van der Waals surface area contributed by atoms with Gasteiger partial charge in [-0.3, -0.25) is 9.78 Å². The molecule has 0 saturated heterocycles. The van der Waals surface area contributed by atoms with E-state index in [2.05, 4.69) is 10.3 Å². The molecule has 1 aromatic heterocycles. The van der Waals surface area contributed by atoms with Gasteiger partial charge in [-0.05, 0) is 24.6 Å². The molecule has 4 heteroatoms. The Bertz CT molecular complexity index is 473. The summed E-state index contributed by atoms with van der Waals surface area (Å²) in [6.45, 7) is 1.92. The van der Waals surface area contributed by atoms with Crippen LogP contribution in [0.25, 0.3) is 0 Å². The van der Waals surface area contributed by atoms with Crippen molar-refractivity contribution in [3.8, 4) is 6.07 Å². The molecule has 0 saturated carbocycles. The van der Waals surface area contributed by atoms with Crippen molar-refractivity contribution in [1.29, 1.82) is 5.26 Å². The first-order chi connectivity index (χ1) is 7.72. The summed E-state index contributed by atoms with van der Waals surface area (Å²) in [5.41, 5.74) is 1.23. The van der Waals surface area contributed by atoms with E-state index in [0.717, 1.165) is 5.56 Å².